The van der Waals surface area contributed by atoms with Gasteiger partial charge in [0.25, 0.3) is 0 Å². The minimum absolute atomic E-state index is 0.0821. The molecule has 0 fully saturated rings. The van der Waals surface area contributed by atoms with E-state index in [0.29, 0.717) is 6.61 Å². The average molecular weight is 293 g/mol. The van der Waals surface area contributed by atoms with E-state index in [1.165, 1.54) is 0 Å². The lowest BCUT2D eigenvalue weighted by molar-refractivity contribution is 0.103. The highest BCUT2D eigenvalue weighted by Gasteiger charge is 2.06. The lowest BCUT2D eigenvalue weighted by atomic mass is 10.2. The fraction of sp³-hybridized carbons (Fsp3) is 0.588. The fourth-order valence-corrected chi connectivity index (χ4v) is 1.60. The van der Waals surface area contributed by atoms with Crippen LogP contribution in [0, 0.1) is 0 Å². The van der Waals surface area contributed by atoms with Gasteiger partial charge in [-0.2, -0.15) is 0 Å². The second-order valence-electron chi connectivity index (χ2n) is 5.40. The molecular weight excluding hydrogens is 266 g/mol. The molecule has 2 atom stereocenters. The number of rotatable bonds is 9. The molecule has 0 saturated carbocycles. The smallest absolute Gasteiger partial charge is 0.120 e. The second kappa shape index (κ2) is 9.27. The average Bonchev–Trinajstić information content (AvgIpc) is 2.45. The zero-order valence-electron chi connectivity index (χ0n) is 13.8. The number of hydrogen-bond acceptors (Lipinski definition) is 4. The van der Waals surface area contributed by atoms with Crippen LogP contribution in [0.2, 0.25) is 0 Å². The Bertz CT molecular complexity index is 424. The Morgan fingerprint density at radius 1 is 1.00 bits per heavy atom. The minimum Gasteiger partial charge on any atom is -0.491 e. The van der Waals surface area contributed by atoms with Crippen LogP contribution in [0.25, 0.3) is 0 Å². The molecule has 0 bridgehead atoms. The number of hydrogen-bond donors (Lipinski definition) is 0. The summed E-state index contributed by atoms with van der Waals surface area (Å²) >= 11 is 0. The van der Waals surface area contributed by atoms with Crippen LogP contribution in [0.3, 0.4) is 0 Å². The Labute approximate surface area is 128 Å². The maximum atomic E-state index is 5.82. The molecule has 4 heteroatoms. The third-order valence-electron chi connectivity index (χ3n) is 2.94. The minimum atomic E-state index is 0.0821. The third kappa shape index (κ3) is 7.59. The van der Waals surface area contributed by atoms with Crippen molar-refractivity contribution in [3.63, 3.8) is 0 Å². The van der Waals surface area contributed by atoms with Crippen molar-refractivity contribution in [1.82, 2.24) is 0 Å². The molecule has 1 rings (SSSR count). The first-order valence-electron chi connectivity index (χ1n) is 7.57. The van der Waals surface area contributed by atoms with Crippen molar-refractivity contribution in [2.24, 2.45) is 5.16 Å². The highest BCUT2D eigenvalue weighted by molar-refractivity contribution is 5.78. The van der Waals surface area contributed by atoms with E-state index in [0.717, 1.165) is 30.1 Å². The molecule has 0 saturated heterocycles. The van der Waals surface area contributed by atoms with Gasteiger partial charge in [0.05, 0.1) is 17.9 Å². The molecule has 0 aliphatic heterocycles. The van der Waals surface area contributed by atoms with Crippen LogP contribution in [0.5, 0.6) is 11.5 Å². The van der Waals surface area contributed by atoms with Crippen LogP contribution in [0.15, 0.2) is 29.4 Å². The maximum absolute atomic E-state index is 5.82. The van der Waals surface area contributed by atoms with Gasteiger partial charge in [0, 0.05) is 6.42 Å². The first-order valence-corrected chi connectivity index (χ1v) is 7.57. The third-order valence-corrected chi connectivity index (χ3v) is 2.94. The van der Waals surface area contributed by atoms with E-state index in [4.69, 9.17) is 14.3 Å². The van der Waals surface area contributed by atoms with Crippen LogP contribution < -0.4 is 9.47 Å². The van der Waals surface area contributed by atoms with Crippen molar-refractivity contribution < 1.29 is 14.3 Å². The van der Waals surface area contributed by atoms with Gasteiger partial charge >= 0.3 is 0 Å². The van der Waals surface area contributed by atoms with Gasteiger partial charge in [-0.05, 0) is 58.4 Å². The van der Waals surface area contributed by atoms with Gasteiger partial charge in [-0.25, -0.2) is 0 Å². The first-order chi connectivity index (χ1) is 10.0. The van der Waals surface area contributed by atoms with Crippen molar-refractivity contribution in [2.75, 3.05) is 6.61 Å². The Morgan fingerprint density at radius 2 is 1.52 bits per heavy atom. The van der Waals surface area contributed by atoms with Crippen LogP contribution in [0.1, 0.15) is 47.5 Å². The summed E-state index contributed by atoms with van der Waals surface area (Å²) in [5.41, 5.74) is 0.917. The fourth-order valence-electron chi connectivity index (χ4n) is 1.60. The molecule has 4 nitrogen and oxygen atoms in total. The van der Waals surface area contributed by atoms with Crippen molar-refractivity contribution >= 4 is 5.71 Å². The summed E-state index contributed by atoms with van der Waals surface area (Å²) < 4.78 is 11.6. The van der Waals surface area contributed by atoms with E-state index in [1.54, 1.807) is 0 Å². The Hall–Kier alpha value is -1.71. The van der Waals surface area contributed by atoms with Crippen LogP contribution in [-0.4, -0.2) is 24.5 Å². The van der Waals surface area contributed by atoms with Crippen LogP contribution >= 0.6 is 0 Å². The predicted octanol–water partition coefficient (Wildman–Crippen LogP) is 4.43. The van der Waals surface area contributed by atoms with Crippen molar-refractivity contribution in [3.05, 3.63) is 24.3 Å². The Balaban J connectivity index is 2.35. The lowest BCUT2D eigenvalue weighted by Gasteiger charge is -2.16. The van der Waals surface area contributed by atoms with Crippen LogP contribution in [0.4, 0.5) is 0 Å². The molecular formula is C17H27NO3. The van der Waals surface area contributed by atoms with E-state index in [-0.39, 0.29) is 12.2 Å². The standard InChI is InChI=1S/C17H27NO3/c1-6-14(4)20-16-7-9-17(10-8-16)21-15(5)11-12-19-18-13(2)3/h7-10,14-15H,6,11-12H2,1-5H3. The monoisotopic (exact) mass is 293 g/mol. The normalized spacial score (nSPS) is 13.2. The lowest BCUT2D eigenvalue weighted by Crippen LogP contribution is -2.14. The zero-order valence-corrected chi connectivity index (χ0v) is 13.8. The van der Waals surface area contributed by atoms with Gasteiger partial charge in [-0.3, -0.25) is 0 Å². The molecule has 2 unspecified atom stereocenters. The van der Waals surface area contributed by atoms with E-state index >= 15 is 0 Å². The first kappa shape index (κ1) is 17.3. The number of nitrogens with zero attached hydrogens (tertiary/aromatic N) is 1. The van der Waals surface area contributed by atoms with Gasteiger partial charge in [0.2, 0.25) is 0 Å². The number of oxime groups is 1. The largest absolute Gasteiger partial charge is 0.491 e. The Morgan fingerprint density at radius 3 is 2.00 bits per heavy atom. The number of ether oxygens (including phenoxy) is 2. The van der Waals surface area contributed by atoms with Gasteiger partial charge in [0.15, 0.2) is 0 Å². The van der Waals surface area contributed by atoms with Gasteiger partial charge in [0.1, 0.15) is 18.1 Å². The highest BCUT2D eigenvalue weighted by atomic mass is 16.6. The molecule has 118 valence electrons. The predicted molar refractivity (Wildman–Crippen MR) is 86.3 cm³/mol. The zero-order chi connectivity index (χ0) is 15.7. The summed E-state index contributed by atoms with van der Waals surface area (Å²) in [5, 5.41) is 3.90. The molecule has 0 aliphatic rings. The molecule has 0 radical (unpaired) electrons. The molecule has 0 N–H and O–H groups in total. The summed E-state index contributed by atoms with van der Waals surface area (Å²) in [6.45, 7) is 10.6. The van der Waals surface area contributed by atoms with E-state index in [9.17, 15) is 0 Å². The highest BCUT2D eigenvalue weighted by Crippen LogP contribution is 2.20. The van der Waals surface area contributed by atoms with Crippen molar-refractivity contribution in [1.29, 1.82) is 0 Å². The molecule has 0 spiro atoms. The maximum Gasteiger partial charge on any atom is 0.120 e. The molecule has 1 aromatic rings. The van der Waals surface area contributed by atoms with E-state index < -0.39 is 0 Å². The van der Waals surface area contributed by atoms with Gasteiger partial charge in [-0.1, -0.05) is 12.1 Å². The molecule has 0 heterocycles. The summed E-state index contributed by atoms with van der Waals surface area (Å²) in [6.07, 6.45) is 2.10. The molecule has 0 amide bonds. The van der Waals surface area contributed by atoms with Gasteiger partial charge in [-0.15, -0.1) is 0 Å². The quantitative estimate of drug-likeness (QED) is 0.384. The summed E-state index contributed by atoms with van der Waals surface area (Å²) in [5.74, 6) is 1.72. The van der Waals surface area contributed by atoms with E-state index in [1.807, 2.05) is 45.0 Å². The Kier molecular flexibility index (Phi) is 7.65. The molecule has 0 aromatic heterocycles. The second-order valence-corrected chi connectivity index (χ2v) is 5.40. The van der Waals surface area contributed by atoms with E-state index in [2.05, 4.69) is 19.0 Å². The summed E-state index contributed by atoms with van der Waals surface area (Å²) in [4.78, 5) is 5.17. The number of benzene rings is 1. The van der Waals surface area contributed by atoms with Gasteiger partial charge < -0.3 is 14.3 Å². The van der Waals surface area contributed by atoms with Crippen molar-refractivity contribution in [3.8, 4) is 11.5 Å². The molecule has 21 heavy (non-hydrogen) atoms. The summed E-state index contributed by atoms with van der Waals surface area (Å²) in [7, 11) is 0. The van der Waals surface area contributed by atoms with Crippen molar-refractivity contribution in [2.45, 2.75) is 59.7 Å². The topological polar surface area (TPSA) is 40.0 Å². The summed E-state index contributed by atoms with van der Waals surface area (Å²) in [6, 6.07) is 7.75. The molecule has 0 aliphatic carbocycles. The van der Waals surface area contributed by atoms with Crippen LogP contribution in [-0.2, 0) is 4.84 Å². The SMILES string of the molecule is CCC(C)Oc1ccc(OC(C)CCON=C(C)C)cc1. The molecule has 1 aromatic carbocycles.